The zero-order chi connectivity index (χ0) is 24.2. The highest BCUT2D eigenvalue weighted by atomic mass is 32.1. The lowest BCUT2D eigenvalue weighted by Crippen LogP contribution is -2.36. The van der Waals surface area contributed by atoms with Gasteiger partial charge in [0.15, 0.2) is 0 Å². The molecule has 0 spiro atoms. The number of fused-ring (bicyclic) bond motifs is 1. The summed E-state index contributed by atoms with van der Waals surface area (Å²) in [6.45, 7) is 5.22. The number of carbonyl (C=O) groups is 2. The smallest absolute Gasteiger partial charge is 0.348 e. The number of anilines is 2. The number of nitrogens with zero attached hydrogens (tertiary/aromatic N) is 3. The molecule has 0 radical (unpaired) electrons. The van der Waals surface area contributed by atoms with Crippen LogP contribution in [0.2, 0.25) is 0 Å². The highest BCUT2D eigenvalue weighted by Gasteiger charge is 2.20. The van der Waals surface area contributed by atoms with Crippen molar-refractivity contribution in [1.29, 1.82) is 0 Å². The Balaban J connectivity index is 1.37. The van der Waals surface area contributed by atoms with Crippen LogP contribution in [-0.4, -0.2) is 73.7 Å². The number of likely N-dealkylation sites (N-methyl/N-ethyl adjacent to an activating group) is 1. The molecule has 1 aromatic carbocycles. The molecule has 0 saturated carbocycles. The SMILES string of the molecule is COC(=O)c1sc2nc(CN(C)CC(=O)Nc3ccc(N4CCOCC4)cc3)[nH]c(=O)c2c1C. The molecule has 1 aliphatic rings. The minimum atomic E-state index is -0.492. The number of aryl methyl sites for hydroxylation is 1. The van der Waals surface area contributed by atoms with E-state index in [2.05, 4.69) is 20.2 Å². The fourth-order valence-corrected chi connectivity index (χ4v) is 5.00. The molecular formula is C23H27N5O5S. The number of H-pyrrole nitrogens is 1. The molecule has 0 bridgehead atoms. The summed E-state index contributed by atoms with van der Waals surface area (Å²) in [5, 5.41) is 3.28. The molecule has 34 heavy (non-hydrogen) atoms. The van der Waals surface area contributed by atoms with Crippen molar-refractivity contribution in [3.05, 3.63) is 50.9 Å². The van der Waals surface area contributed by atoms with Crippen LogP contribution >= 0.6 is 11.3 Å². The van der Waals surface area contributed by atoms with Gasteiger partial charge in [-0.2, -0.15) is 0 Å². The third kappa shape index (κ3) is 5.27. The second-order valence-corrected chi connectivity index (χ2v) is 9.11. The summed E-state index contributed by atoms with van der Waals surface area (Å²) < 4.78 is 10.2. The predicted molar refractivity (Wildman–Crippen MR) is 131 cm³/mol. The molecule has 1 aliphatic heterocycles. The zero-order valence-corrected chi connectivity index (χ0v) is 20.2. The fourth-order valence-electron chi connectivity index (χ4n) is 3.89. The van der Waals surface area contributed by atoms with E-state index in [1.807, 2.05) is 24.3 Å². The van der Waals surface area contributed by atoms with Crippen LogP contribution in [0.15, 0.2) is 29.1 Å². The number of carbonyl (C=O) groups excluding carboxylic acids is 2. The summed E-state index contributed by atoms with van der Waals surface area (Å²) in [5.41, 5.74) is 2.05. The van der Waals surface area contributed by atoms with Gasteiger partial charge < -0.3 is 24.7 Å². The van der Waals surface area contributed by atoms with Crippen molar-refractivity contribution in [2.45, 2.75) is 13.5 Å². The Morgan fingerprint density at radius 3 is 2.65 bits per heavy atom. The molecule has 1 saturated heterocycles. The van der Waals surface area contributed by atoms with E-state index in [1.54, 1.807) is 18.9 Å². The number of amides is 1. The second kappa shape index (κ2) is 10.3. The number of benzene rings is 1. The van der Waals surface area contributed by atoms with Crippen LogP contribution in [0.3, 0.4) is 0 Å². The molecule has 1 amide bonds. The average Bonchev–Trinajstić information content (AvgIpc) is 3.16. The van der Waals surface area contributed by atoms with E-state index >= 15 is 0 Å². The van der Waals surface area contributed by atoms with Gasteiger partial charge in [-0.15, -0.1) is 11.3 Å². The zero-order valence-electron chi connectivity index (χ0n) is 19.3. The van der Waals surface area contributed by atoms with E-state index in [9.17, 15) is 14.4 Å². The monoisotopic (exact) mass is 485 g/mol. The number of thiophene rings is 1. The number of esters is 1. The molecule has 10 nitrogen and oxygen atoms in total. The molecule has 3 heterocycles. The number of methoxy groups -OCH3 is 1. The number of aromatic nitrogens is 2. The summed E-state index contributed by atoms with van der Waals surface area (Å²) in [6.07, 6.45) is 0. The minimum Gasteiger partial charge on any atom is -0.465 e. The summed E-state index contributed by atoms with van der Waals surface area (Å²) in [6, 6.07) is 7.74. The third-order valence-corrected chi connectivity index (χ3v) is 6.75. The molecule has 3 aromatic rings. The van der Waals surface area contributed by atoms with Gasteiger partial charge in [-0.25, -0.2) is 9.78 Å². The van der Waals surface area contributed by atoms with Gasteiger partial charge in [0.05, 0.1) is 38.8 Å². The van der Waals surface area contributed by atoms with Gasteiger partial charge in [-0.1, -0.05) is 0 Å². The first-order valence-electron chi connectivity index (χ1n) is 10.9. The maximum absolute atomic E-state index is 12.6. The van der Waals surface area contributed by atoms with Crippen molar-refractivity contribution in [3.8, 4) is 0 Å². The van der Waals surface area contributed by atoms with Gasteiger partial charge in [0.2, 0.25) is 5.91 Å². The lowest BCUT2D eigenvalue weighted by atomic mass is 10.2. The van der Waals surface area contributed by atoms with Gasteiger partial charge in [-0.3, -0.25) is 14.5 Å². The average molecular weight is 486 g/mol. The third-order valence-electron chi connectivity index (χ3n) is 5.58. The van der Waals surface area contributed by atoms with Gasteiger partial charge in [0.25, 0.3) is 5.56 Å². The van der Waals surface area contributed by atoms with E-state index in [1.165, 1.54) is 7.11 Å². The first-order chi connectivity index (χ1) is 16.4. The molecule has 11 heteroatoms. The van der Waals surface area contributed by atoms with Crippen LogP contribution in [0.4, 0.5) is 11.4 Å². The van der Waals surface area contributed by atoms with E-state index in [0.717, 1.165) is 43.3 Å². The maximum Gasteiger partial charge on any atom is 0.348 e. The molecule has 180 valence electrons. The molecule has 1 fully saturated rings. The largest absolute Gasteiger partial charge is 0.465 e. The van der Waals surface area contributed by atoms with Crippen molar-refractivity contribution in [2.24, 2.45) is 0 Å². The molecule has 0 aliphatic carbocycles. The van der Waals surface area contributed by atoms with Crippen molar-refractivity contribution in [2.75, 3.05) is 57.2 Å². The number of nitrogens with one attached hydrogen (secondary N) is 2. The number of aromatic amines is 1. The molecule has 0 atom stereocenters. The molecular weight excluding hydrogens is 458 g/mol. The Hall–Kier alpha value is -3.28. The Morgan fingerprint density at radius 2 is 1.97 bits per heavy atom. The first kappa shape index (κ1) is 23.9. The van der Waals surface area contributed by atoms with Crippen LogP contribution in [0.1, 0.15) is 21.1 Å². The first-order valence-corrected chi connectivity index (χ1v) is 11.7. The Bertz CT molecular complexity index is 1250. The van der Waals surface area contributed by atoms with Crippen LogP contribution in [0.25, 0.3) is 10.2 Å². The van der Waals surface area contributed by atoms with Crippen molar-refractivity contribution in [1.82, 2.24) is 14.9 Å². The van der Waals surface area contributed by atoms with Crippen molar-refractivity contribution >= 4 is 44.8 Å². The molecule has 2 N–H and O–H groups in total. The Morgan fingerprint density at radius 1 is 1.26 bits per heavy atom. The highest BCUT2D eigenvalue weighted by molar-refractivity contribution is 7.20. The van der Waals surface area contributed by atoms with Crippen LogP contribution < -0.4 is 15.8 Å². The van der Waals surface area contributed by atoms with E-state index in [-0.39, 0.29) is 24.6 Å². The van der Waals surface area contributed by atoms with E-state index in [0.29, 0.717) is 32.2 Å². The van der Waals surface area contributed by atoms with Gasteiger partial charge in [-0.05, 0) is 43.8 Å². The number of rotatable bonds is 7. The number of ether oxygens (including phenoxy) is 2. The number of hydrogen-bond acceptors (Lipinski definition) is 9. The van der Waals surface area contributed by atoms with Crippen LogP contribution in [-0.2, 0) is 20.8 Å². The minimum absolute atomic E-state index is 0.115. The van der Waals surface area contributed by atoms with Gasteiger partial charge in [0, 0.05) is 24.5 Å². The van der Waals surface area contributed by atoms with Crippen molar-refractivity contribution < 1.29 is 19.1 Å². The van der Waals surface area contributed by atoms with Gasteiger partial charge >= 0.3 is 5.97 Å². The molecule has 0 unspecified atom stereocenters. The Labute approximate surface area is 200 Å². The van der Waals surface area contributed by atoms with E-state index in [4.69, 9.17) is 9.47 Å². The maximum atomic E-state index is 12.6. The van der Waals surface area contributed by atoms with Gasteiger partial charge in [0.1, 0.15) is 15.5 Å². The van der Waals surface area contributed by atoms with Crippen LogP contribution in [0, 0.1) is 6.92 Å². The summed E-state index contributed by atoms with van der Waals surface area (Å²) in [7, 11) is 3.07. The highest BCUT2D eigenvalue weighted by Crippen LogP contribution is 2.27. The Kier molecular flexibility index (Phi) is 7.25. The van der Waals surface area contributed by atoms with Crippen LogP contribution in [0.5, 0.6) is 0 Å². The molecule has 4 rings (SSSR count). The second-order valence-electron chi connectivity index (χ2n) is 8.11. The number of morpholine rings is 1. The standard InChI is InChI=1S/C23H27N5O5S/c1-14-19-21(30)25-17(26-22(19)34-20(14)23(31)32-3)12-27(2)13-18(29)24-15-4-6-16(7-5-15)28-8-10-33-11-9-28/h4-7H,8-13H2,1-3H3,(H,24,29)(H,25,26,30). The molecule has 2 aromatic heterocycles. The number of hydrogen-bond donors (Lipinski definition) is 2. The fraction of sp³-hybridized carbons (Fsp3) is 0.391. The lowest BCUT2D eigenvalue weighted by Gasteiger charge is -2.28. The summed E-state index contributed by atoms with van der Waals surface area (Å²) in [4.78, 5) is 49.1. The predicted octanol–water partition coefficient (Wildman–Crippen LogP) is 1.99. The summed E-state index contributed by atoms with van der Waals surface area (Å²) in [5.74, 6) is -0.251. The lowest BCUT2D eigenvalue weighted by molar-refractivity contribution is -0.117. The summed E-state index contributed by atoms with van der Waals surface area (Å²) >= 11 is 1.13. The normalized spacial score (nSPS) is 13.9. The quantitative estimate of drug-likeness (QED) is 0.488. The van der Waals surface area contributed by atoms with Crippen molar-refractivity contribution in [3.63, 3.8) is 0 Å². The van der Waals surface area contributed by atoms with E-state index < -0.39 is 5.97 Å². The topological polar surface area (TPSA) is 117 Å².